The number of ether oxygens (including phenoxy) is 1. The third-order valence-corrected chi connectivity index (χ3v) is 7.85. The lowest BCUT2D eigenvalue weighted by atomic mass is 9.90. The highest BCUT2D eigenvalue weighted by molar-refractivity contribution is 7.88. The second-order valence-corrected chi connectivity index (χ2v) is 9.74. The molecular weight excluding hydrogens is 406 g/mol. The van der Waals surface area contributed by atoms with E-state index in [2.05, 4.69) is 0 Å². The summed E-state index contributed by atoms with van der Waals surface area (Å²) in [5.41, 5.74) is 0.881. The molecule has 5 nitrogen and oxygen atoms in total. The zero-order valence-corrected chi connectivity index (χ0v) is 18.2. The molecule has 0 aromatic heterocycles. The standard InChI is InChI=1S/C22H27NO4S2/c1-27-20-12-10-18(11-13-20)9-5-14-22(21(24)28)15-6-16-23(22)29(25,26)17-19-7-3-2-4-8-19/h2-4,7-8,10-13H,5-6,9,14-17H2,1H3,(H,24,28)/t22-/m0/s1. The Hall–Kier alpha value is -1.96. The minimum atomic E-state index is -3.60. The Labute approximate surface area is 178 Å². The van der Waals surface area contributed by atoms with Crippen LogP contribution in [0.4, 0.5) is 0 Å². The van der Waals surface area contributed by atoms with Gasteiger partial charge in [0.15, 0.2) is 5.05 Å². The van der Waals surface area contributed by atoms with Crippen molar-refractivity contribution in [3.8, 4) is 5.75 Å². The molecule has 0 aliphatic carbocycles. The number of sulfonamides is 1. The molecule has 1 aliphatic rings. The summed E-state index contributed by atoms with van der Waals surface area (Å²) in [7, 11) is -1.97. The lowest BCUT2D eigenvalue weighted by Gasteiger charge is -2.36. The molecule has 7 heteroatoms. The van der Waals surface area contributed by atoms with Crippen molar-refractivity contribution < 1.29 is 18.3 Å². The number of methoxy groups -OCH3 is 1. The van der Waals surface area contributed by atoms with Gasteiger partial charge in [0, 0.05) is 6.54 Å². The molecule has 1 saturated heterocycles. The summed E-state index contributed by atoms with van der Waals surface area (Å²) in [6.07, 6.45) is 3.25. The molecule has 0 unspecified atom stereocenters. The summed E-state index contributed by atoms with van der Waals surface area (Å²) >= 11 is 5.17. The molecule has 2 aromatic carbocycles. The first-order valence-corrected chi connectivity index (χ1v) is 11.8. The third kappa shape index (κ3) is 4.97. The van der Waals surface area contributed by atoms with E-state index in [1.165, 1.54) is 4.31 Å². The van der Waals surface area contributed by atoms with Gasteiger partial charge < -0.3 is 9.84 Å². The lowest BCUT2D eigenvalue weighted by molar-refractivity contribution is 0.271. The summed E-state index contributed by atoms with van der Waals surface area (Å²) in [6, 6.07) is 16.9. The topological polar surface area (TPSA) is 66.8 Å². The molecule has 156 valence electrons. The van der Waals surface area contributed by atoms with Gasteiger partial charge in [-0.15, -0.1) is 0 Å². The van der Waals surface area contributed by atoms with Crippen LogP contribution in [0.2, 0.25) is 0 Å². The van der Waals surface area contributed by atoms with Crippen molar-refractivity contribution in [3.63, 3.8) is 0 Å². The number of aryl methyl sites for hydroxylation is 1. The molecule has 0 spiro atoms. The number of benzene rings is 2. The second kappa shape index (κ2) is 9.24. The van der Waals surface area contributed by atoms with E-state index in [9.17, 15) is 13.5 Å². The van der Waals surface area contributed by atoms with E-state index in [0.717, 1.165) is 29.7 Å². The summed E-state index contributed by atoms with van der Waals surface area (Å²) in [5, 5.41) is 10.2. The quantitative estimate of drug-likeness (QED) is 0.598. The molecule has 1 aliphatic heterocycles. The van der Waals surface area contributed by atoms with Crippen molar-refractivity contribution in [2.45, 2.75) is 43.4 Å². The highest BCUT2D eigenvalue weighted by Gasteiger charge is 2.49. The van der Waals surface area contributed by atoms with Crippen molar-refractivity contribution in [2.24, 2.45) is 0 Å². The molecule has 2 aromatic rings. The fraction of sp³-hybridized carbons (Fsp3) is 0.409. The Morgan fingerprint density at radius 3 is 2.45 bits per heavy atom. The predicted molar refractivity (Wildman–Crippen MR) is 119 cm³/mol. The van der Waals surface area contributed by atoms with Gasteiger partial charge in [0.05, 0.1) is 12.9 Å². The Bertz CT molecular complexity index is 929. The van der Waals surface area contributed by atoms with E-state index < -0.39 is 15.6 Å². The first-order valence-electron chi connectivity index (χ1n) is 9.78. The Balaban J connectivity index is 1.74. The fourth-order valence-corrected chi connectivity index (χ4v) is 6.42. The number of nitrogens with zero attached hydrogens (tertiary/aromatic N) is 1. The first-order chi connectivity index (χ1) is 13.9. The number of aliphatic hydroxyl groups is 1. The largest absolute Gasteiger partial charge is 0.501 e. The predicted octanol–water partition coefficient (Wildman–Crippen LogP) is 4.27. The zero-order chi connectivity index (χ0) is 20.9. The molecule has 1 N–H and O–H groups in total. The monoisotopic (exact) mass is 433 g/mol. The normalized spacial score (nSPS) is 19.9. The highest BCUT2D eigenvalue weighted by atomic mass is 32.2. The average molecular weight is 434 g/mol. The van der Waals surface area contributed by atoms with Crippen molar-refractivity contribution >= 4 is 27.3 Å². The van der Waals surface area contributed by atoms with Crippen LogP contribution in [-0.2, 0) is 22.2 Å². The van der Waals surface area contributed by atoms with Crippen LogP contribution in [-0.4, -0.2) is 42.1 Å². The lowest BCUT2D eigenvalue weighted by Crippen LogP contribution is -2.52. The number of hydrogen-bond donors (Lipinski definition) is 1. The SMILES string of the molecule is COc1ccc(CCC[C@@]2(C(O)=S)CCCN2S(=O)(=O)Cc2ccccc2)cc1. The van der Waals surface area contributed by atoms with Crippen LogP contribution in [0.1, 0.15) is 36.8 Å². The fourth-order valence-electron chi connectivity index (χ4n) is 4.07. The molecule has 0 saturated carbocycles. The van der Waals surface area contributed by atoms with Gasteiger partial charge in [0.1, 0.15) is 11.3 Å². The van der Waals surface area contributed by atoms with Gasteiger partial charge in [-0.25, -0.2) is 8.42 Å². The zero-order valence-electron chi connectivity index (χ0n) is 16.6. The van der Waals surface area contributed by atoms with E-state index in [0.29, 0.717) is 25.8 Å². The Morgan fingerprint density at radius 1 is 1.14 bits per heavy atom. The molecule has 1 fully saturated rings. The van der Waals surface area contributed by atoms with E-state index in [-0.39, 0.29) is 10.8 Å². The van der Waals surface area contributed by atoms with Crippen molar-refractivity contribution in [2.75, 3.05) is 13.7 Å². The number of aliphatic hydroxyl groups excluding tert-OH is 1. The smallest absolute Gasteiger partial charge is 0.219 e. The van der Waals surface area contributed by atoms with Crippen molar-refractivity contribution in [1.82, 2.24) is 4.31 Å². The molecule has 3 rings (SSSR count). The van der Waals surface area contributed by atoms with Crippen LogP contribution in [0.25, 0.3) is 0 Å². The van der Waals surface area contributed by atoms with Gasteiger partial charge in [-0.05, 0) is 67.6 Å². The number of thiocarbonyl (C=S) groups is 1. The van der Waals surface area contributed by atoms with Crippen LogP contribution >= 0.6 is 12.2 Å². The van der Waals surface area contributed by atoms with Crippen LogP contribution < -0.4 is 4.74 Å². The molecule has 1 heterocycles. The van der Waals surface area contributed by atoms with Crippen LogP contribution in [0.15, 0.2) is 54.6 Å². The maximum Gasteiger partial charge on any atom is 0.219 e. The van der Waals surface area contributed by atoms with Gasteiger partial charge in [-0.3, -0.25) is 0 Å². The Morgan fingerprint density at radius 2 is 1.83 bits per heavy atom. The van der Waals surface area contributed by atoms with Crippen LogP contribution in [0.3, 0.4) is 0 Å². The minimum absolute atomic E-state index is 0.0866. The summed E-state index contributed by atoms with van der Waals surface area (Å²) in [5.74, 6) is 0.715. The Kier molecular flexibility index (Phi) is 6.93. The molecule has 0 amide bonds. The highest BCUT2D eigenvalue weighted by Crippen LogP contribution is 2.38. The van der Waals surface area contributed by atoms with Gasteiger partial charge in [0.25, 0.3) is 0 Å². The number of rotatable bonds is 9. The summed E-state index contributed by atoms with van der Waals surface area (Å²) in [4.78, 5) is 0. The van der Waals surface area contributed by atoms with E-state index >= 15 is 0 Å². The maximum absolute atomic E-state index is 13.2. The van der Waals surface area contributed by atoms with Crippen LogP contribution in [0, 0.1) is 0 Å². The summed E-state index contributed by atoms with van der Waals surface area (Å²) < 4.78 is 33.0. The second-order valence-electron chi connectivity index (χ2n) is 7.46. The van der Waals surface area contributed by atoms with Gasteiger partial charge >= 0.3 is 0 Å². The number of hydrogen-bond acceptors (Lipinski definition) is 4. The van der Waals surface area contributed by atoms with Crippen molar-refractivity contribution in [1.29, 1.82) is 0 Å². The molecule has 29 heavy (non-hydrogen) atoms. The van der Waals surface area contributed by atoms with Gasteiger partial charge in [-0.2, -0.15) is 4.31 Å². The molecular formula is C22H27NO4S2. The van der Waals surface area contributed by atoms with Gasteiger partial charge in [0.2, 0.25) is 10.0 Å². The van der Waals surface area contributed by atoms with E-state index in [4.69, 9.17) is 17.0 Å². The molecule has 0 radical (unpaired) electrons. The van der Waals surface area contributed by atoms with E-state index in [1.54, 1.807) is 19.2 Å². The van der Waals surface area contributed by atoms with Crippen molar-refractivity contribution in [3.05, 3.63) is 65.7 Å². The van der Waals surface area contributed by atoms with E-state index in [1.807, 2.05) is 42.5 Å². The third-order valence-electron chi connectivity index (χ3n) is 5.57. The minimum Gasteiger partial charge on any atom is -0.501 e. The maximum atomic E-state index is 13.2. The summed E-state index contributed by atoms with van der Waals surface area (Å²) in [6.45, 7) is 0.387. The average Bonchev–Trinajstić information content (AvgIpc) is 3.15. The molecule has 1 atom stereocenters. The van der Waals surface area contributed by atoms with Crippen LogP contribution in [0.5, 0.6) is 5.75 Å². The van der Waals surface area contributed by atoms with Gasteiger partial charge in [-0.1, -0.05) is 42.5 Å². The first kappa shape index (κ1) is 21.7. The molecule has 0 bridgehead atoms.